The standard InChI is InChI=1S/C29H29NO4/c1-21-17-23(18-22-9-3-2-4-10-22)19-27(28(21)29(31)32)34-16-8-7-15-33-20-25-14-13-24-11-5-6-12-26(24)30-25/h2-6,9-14,17,19H,7-8,15-16,18,20H2,1H3,(H,31,32). The molecule has 4 rings (SSSR count). The van der Waals surface area contributed by atoms with Gasteiger partial charge in [0.1, 0.15) is 11.3 Å². The average molecular weight is 456 g/mol. The SMILES string of the molecule is Cc1cc(Cc2ccccc2)cc(OCCCCOCc2ccc3ccccc3n2)c1C(=O)O. The highest BCUT2D eigenvalue weighted by atomic mass is 16.5. The number of unbranched alkanes of at least 4 members (excludes halogenated alkanes) is 1. The number of nitrogens with zero attached hydrogens (tertiary/aromatic N) is 1. The molecule has 0 fully saturated rings. The molecular formula is C29H29NO4. The van der Waals surface area contributed by atoms with Gasteiger partial charge in [0.05, 0.1) is 24.4 Å². The molecule has 1 heterocycles. The molecular weight excluding hydrogens is 426 g/mol. The molecule has 0 atom stereocenters. The number of para-hydroxylation sites is 1. The molecule has 174 valence electrons. The number of aromatic nitrogens is 1. The highest BCUT2D eigenvalue weighted by Gasteiger charge is 2.16. The van der Waals surface area contributed by atoms with Gasteiger partial charge in [-0.25, -0.2) is 4.79 Å². The van der Waals surface area contributed by atoms with Gasteiger partial charge in [-0.2, -0.15) is 0 Å². The Morgan fingerprint density at radius 2 is 1.65 bits per heavy atom. The Morgan fingerprint density at radius 3 is 2.47 bits per heavy atom. The molecule has 1 aromatic heterocycles. The third-order valence-corrected chi connectivity index (χ3v) is 5.67. The van der Waals surface area contributed by atoms with E-state index in [9.17, 15) is 9.90 Å². The maximum atomic E-state index is 11.8. The van der Waals surface area contributed by atoms with Gasteiger partial charge < -0.3 is 14.6 Å². The van der Waals surface area contributed by atoms with Crippen LogP contribution in [0.2, 0.25) is 0 Å². The highest BCUT2D eigenvalue weighted by molar-refractivity contribution is 5.92. The molecule has 0 saturated carbocycles. The maximum absolute atomic E-state index is 11.8. The Kier molecular flexibility index (Phi) is 7.89. The number of hydrogen-bond donors (Lipinski definition) is 1. The largest absolute Gasteiger partial charge is 0.493 e. The van der Waals surface area contributed by atoms with Crippen molar-refractivity contribution < 1.29 is 19.4 Å². The fourth-order valence-corrected chi connectivity index (χ4v) is 4.00. The topological polar surface area (TPSA) is 68.7 Å². The zero-order valence-electron chi connectivity index (χ0n) is 19.4. The second-order valence-corrected chi connectivity index (χ2v) is 8.36. The van der Waals surface area contributed by atoms with Gasteiger partial charge in [-0.3, -0.25) is 4.98 Å². The van der Waals surface area contributed by atoms with E-state index in [1.54, 1.807) is 0 Å². The Morgan fingerprint density at radius 1 is 0.882 bits per heavy atom. The van der Waals surface area contributed by atoms with Crippen molar-refractivity contribution in [2.24, 2.45) is 0 Å². The monoisotopic (exact) mass is 455 g/mol. The number of rotatable bonds is 11. The molecule has 0 amide bonds. The van der Waals surface area contributed by atoms with Crippen LogP contribution in [0, 0.1) is 6.92 Å². The minimum atomic E-state index is -0.968. The summed E-state index contributed by atoms with van der Waals surface area (Å²) < 4.78 is 11.7. The Balaban J connectivity index is 1.27. The number of pyridine rings is 1. The van der Waals surface area contributed by atoms with E-state index in [0.717, 1.165) is 41.4 Å². The van der Waals surface area contributed by atoms with Crippen LogP contribution in [-0.4, -0.2) is 29.3 Å². The van der Waals surface area contributed by atoms with Crippen molar-refractivity contribution in [2.75, 3.05) is 13.2 Å². The third-order valence-electron chi connectivity index (χ3n) is 5.67. The smallest absolute Gasteiger partial charge is 0.339 e. The van der Waals surface area contributed by atoms with Gasteiger partial charge in [-0.1, -0.05) is 60.7 Å². The summed E-state index contributed by atoms with van der Waals surface area (Å²) in [5.41, 5.74) is 5.03. The molecule has 0 spiro atoms. The van der Waals surface area contributed by atoms with E-state index >= 15 is 0 Å². The van der Waals surface area contributed by atoms with Crippen molar-refractivity contribution in [2.45, 2.75) is 32.8 Å². The minimum Gasteiger partial charge on any atom is -0.493 e. The average Bonchev–Trinajstić information content (AvgIpc) is 2.83. The lowest BCUT2D eigenvalue weighted by Crippen LogP contribution is -2.08. The van der Waals surface area contributed by atoms with Crippen LogP contribution in [0.1, 0.15) is 45.6 Å². The fraction of sp³-hybridized carbons (Fsp3) is 0.241. The molecule has 0 bridgehead atoms. The molecule has 0 aliphatic rings. The van der Waals surface area contributed by atoms with Crippen LogP contribution in [-0.2, 0) is 17.8 Å². The number of carboxylic acids is 1. The van der Waals surface area contributed by atoms with Gasteiger partial charge >= 0.3 is 5.97 Å². The molecule has 4 aromatic rings. The summed E-state index contributed by atoms with van der Waals surface area (Å²) in [6, 6.07) is 26.0. The molecule has 3 aromatic carbocycles. The summed E-state index contributed by atoms with van der Waals surface area (Å²) >= 11 is 0. The van der Waals surface area contributed by atoms with Gasteiger partial charge in [0.15, 0.2) is 0 Å². The number of fused-ring (bicyclic) bond motifs is 1. The predicted molar refractivity (Wildman–Crippen MR) is 134 cm³/mol. The first kappa shape index (κ1) is 23.5. The Hall–Kier alpha value is -3.70. The van der Waals surface area contributed by atoms with E-state index in [4.69, 9.17) is 9.47 Å². The molecule has 0 unspecified atom stereocenters. The first-order valence-electron chi connectivity index (χ1n) is 11.6. The predicted octanol–water partition coefficient (Wildman–Crippen LogP) is 6.21. The lowest BCUT2D eigenvalue weighted by Gasteiger charge is -2.14. The van der Waals surface area contributed by atoms with Crippen molar-refractivity contribution in [3.8, 4) is 5.75 Å². The molecule has 1 N–H and O–H groups in total. The van der Waals surface area contributed by atoms with Crippen molar-refractivity contribution in [1.29, 1.82) is 0 Å². The maximum Gasteiger partial charge on any atom is 0.339 e. The van der Waals surface area contributed by atoms with E-state index in [1.807, 2.05) is 67.6 Å². The van der Waals surface area contributed by atoms with Gasteiger partial charge in [-0.05, 0) is 61.1 Å². The fourth-order valence-electron chi connectivity index (χ4n) is 4.00. The minimum absolute atomic E-state index is 0.232. The van der Waals surface area contributed by atoms with E-state index in [0.29, 0.717) is 31.1 Å². The van der Waals surface area contributed by atoms with Crippen molar-refractivity contribution in [1.82, 2.24) is 4.98 Å². The van der Waals surface area contributed by atoms with Crippen LogP contribution in [0.4, 0.5) is 0 Å². The number of carbonyl (C=O) groups is 1. The van der Waals surface area contributed by atoms with Crippen molar-refractivity contribution in [3.63, 3.8) is 0 Å². The number of hydrogen-bond acceptors (Lipinski definition) is 4. The lowest BCUT2D eigenvalue weighted by molar-refractivity contribution is 0.0690. The van der Waals surface area contributed by atoms with Crippen LogP contribution in [0.15, 0.2) is 78.9 Å². The zero-order chi connectivity index (χ0) is 23.8. The van der Waals surface area contributed by atoms with Gasteiger partial charge in [0, 0.05) is 12.0 Å². The first-order valence-corrected chi connectivity index (χ1v) is 11.6. The van der Waals surface area contributed by atoms with Gasteiger partial charge in [-0.15, -0.1) is 0 Å². The van der Waals surface area contributed by atoms with E-state index in [1.165, 1.54) is 5.56 Å². The van der Waals surface area contributed by atoms with Gasteiger partial charge in [0.25, 0.3) is 0 Å². The van der Waals surface area contributed by atoms with E-state index in [2.05, 4.69) is 23.2 Å². The highest BCUT2D eigenvalue weighted by Crippen LogP contribution is 2.26. The van der Waals surface area contributed by atoms with Crippen LogP contribution >= 0.6 is 0 Å². The van der Waals surface area contributed by atoms with Gasteiger partial charge in [0.2, 0.25) is 0 Å². The molecule has 0 aliphatic carbocycles. The molecule has 34 heavy (non-hydrogen) atoms. The summed E-state index contributed by atoms with van der Waals surface area (Å²) in [5.74, 6) is -0.537. The summed E-state index contributed by atoms with van der Waals surface area (Å²) in [7, 11) is 0. The lowest BCUT2D eigenvalue weighted by atomic mass is 9.99. The summed E-state index contributed by atoms with van der Waals surface area (Å²) in [6.45, 7) is 3.32. The molecule has 0 saturated heterocycles. The number of aryl methyl sites for hydroxylation is 1. The van der Waals surface area contributed by atoms with Crippen molar-refractivity contribution in [3.05, 3.63) is 107 Å². The zero-order valence-corrected chi connectivity index (χ0v) is 19.4. The third kappa shape index (κ3) is 6.21. The normalized spacial score (nSPS) is 11.0. The number of benzene rings is 3. The number of aromatic carboxylic acids is 1. The molecule has 0 radical (unpaired) electrons. The van der Waals surface area contributed by atoms with Crippen molar-refractivity contribution >= 4 is 16.9 Å². The molecule has 5 nitrogen and oxygen atoms in total. The molecule has 5 heteroatoms. The Bertz CT molecular complexity index is 1250. The summed E-state index contributed by atoms with van der Waals surface area (Å²) in [5, 5.41) is 10.8. The second kappa shape index (κ2) is 11.4. The quantitative estimate of drug-likeness (QED) is 0.272. The second-order valence-electron chi connectivity index (χ2n) is 8.36. The molecule has 0 aliphatic heterocycles. The van der Waals surface area contributed by atoms with Crippen LogP contribution < -0.4 is 4.74 Å². The summed E-state index contributed by atoms with van der Waals surface area (Å²) in [4.78, 5) is 16.4. The Labute approximate surface area is 200 Å². The van der Waals surface area contributed by atoms with Crippen LogP contribution in [0.3, 0.4) is 0 Å². The summed E-state index contributed by atoms with van der Waals surface area (Å²) in [6.07, 6.45) is 2.32. The van der Waals surface area contributed by atoms with Crippen LogP contribution in [0.25, 0.3) is 10.9 Å². The van der Waals surface area contributed by atoms with Crippen LogP contribution in [0.5, 0.6) is 5.75 Å². The number of ether oxygens (including phenoxy) is 2. The van der Waals surface area contributed by atoms with E-state index in [-0.39, 0.29) is 5.56 Å². The van der Waals surface area contributed by atoms with E-state index < -0.39 is 5.97 Å². The first-order chi connectivity index (χ1) is 16.6. The number of carboxylic acid groups (broad SMARTS) is 1.